The Morgan fingerprint density at radius 1 is 1.25 bits per heavy atom. The van der Waals surface area contributed by atoms with E-state index in [1.165, 1.54) is 19.2 Å². The topological polar surface area (TPSA) is 26.3 Å². The average molecular weight is 298 g/mol. The predicted octanol–water partition coefficient (Wildman–Crippen LogP) is 2.99. The molecule has 0 saturated heterocycles. The smallest absolute Gasteiger partial charge is 0.369 e. The fourth-order valence-corrected chi connectivity index (χ4v) is 5.52. The largest absolute Gasteiger partial charge is 0.464 e. The van der Waals surface area contributed by atoms with Gasteiger partial charge in [-0.2, -0.15) is 0 Å². The number of likely N-dealkylation sites (N-methyl/N-ethyl adjacent to an activating group) is 1. The molecule has 1 unspecified atom stereocenters. The number of rotatable bonds is 5. The van der Waals surface area contributed by atoms with Gasteiger partial charge in [-0.15, -0.1) is 0 Å². The average Bonchev–Trinajstić information content (AvgIpc) is 2.28. The molecule has 20 heavy (non-hydrogen) atoms. The van der Waals surface area contributed by atoms with Crippen LogP contribution in [0.5, 0.6) is 0 Å². The lowest BCUT2D eigenvalue weighted by Gasteiger charge is -2.40. The molecule has 1 atom stereocenters. The molecule has 112 valence electrons. The minimum absolute atomic E-state index is 0.278. The fourth-order valence-electron chi connectivity index (χ4n) is 2.90. The second kappa shape index (κ2) is 6.05. The molecule has 1 rings (SSSR count). The van der Waals surface area contributed by atoms with Crippen molar-refractivity contribution >= 4 is 14.0 Å². The van der Waals surface area contributed by atoms with Crippen LogP contribution >= 0.6 is 0 Å². The van der Waals surface area contributed by atoms with Gasteiger partial charge < -0.3 is 9.22 Å². The molecule has 0 radical (unpaired) electrons. The molecule has 0 fully saturated rings. The molecule has 0 aliphatic heterocycles. The second-order valence-electron chi connectivity index (χ2n) is 6.97. The first-order valence-corrected chi connectivity index (χ1v) is 10.4. The van der Waals surface area contributed by atoms with Gasteiger partial charge in [0, 0.05) is 5.56 Å². The van der Waals surface area contributed by atoms with E-state index in [-0.39, 0.29) is 11.8 Å². The van der Waals surface area contributed by atoms with Gasteiger partial charge in [-0.1, -0.05) is 19.6 Å². The molecule has 3 nitrogen and oxygen atoms in total. The number of benzene rings is 1. The first kappa shape index (κ1) is 16.9. The zero-order valence-electron chi connectivity index (χ0n) is 13.2. The summed E-state index contributed by atoms with van der Waals surface area (Å²) in [6.45, 7) is 6.81. The third kappa shape index (κ3) is 4.42. The summed E-state index contributed by atoms with van der Waals surface area (Å²) < 4.78 is 18.6. The third-order valence-electron chi connectivity index (χ3n) is 3.19. The lowest BCUT2D eigenvalue weighted by molar-refractivity contribution is -0.903. The molecule has 5 heteroatoms. The van der Waals surface area contributed by atoms with E-state index in [1.807, 2.05) is 14.1 Å². The molecule has 0 spiro atoms. The van der Waals surface area contributed by atoms with Gasteiger partial charge in [-0.05, 0) is 24.3 Å². The Labute approximate surface area is 122 Å². The first-order valence-electron chi connectivity index (χ1n) is 6.73. The maximum atomic E-state index is 13.1. The number of hydrogen-bond donors (Lipinski definition) is 0. The van der Waals surface area contributed by atoms with Gasteiger partial charge in [-0.3, -0.25) is 0 Å². The van der Waals surface area contributed by atoms with Crippen LogP contribution in [0.2, 0.25) is 19.6 Å². The number of nitrogens with zero attached hydrogens (tertiary/aromatic N) is 1. The number of ether oxygens (including phenoxy) is 1. The summed E-state index contributed by atoms with van der Waals surface area (Å²) in [7, 11) is 4.09. The molecule has 0 N–H and O–H groups in total. The Morgan fingerprint density at radius 3 is 2.15 bits per heavy atom. The number of carbonyl (C=O) groups excluding carboxylic acids is 1. The number of quaternary nitrogens is 1. The van der Waals surface area contributed by atoms with Crippen LogP contribution in [0.25, 0.3) is 0 Å². The van der Waals surface area contributed by atoms with Crippen LogP contribution in [0.3, 0.4) is 0 Å². The molecule has 0 bridgehead atoms. The SMILES string of the molecule is COC(=O)C(c1ccc(F)cc1)[N+](C)(C)C[Si](C)(C)C. The van der Waals surface area contributed by atoms with Gasteiger partial charge in [0.25, 0.3) is 0 Å². The van der Waals surface area contributed by atoms with Crippen LogP contribution in [0.15, 0.2) is 24.3 Å². The van der Waals surface area contributed by atoms with Crippen molar-refractivity contribution in [3.63, 3.8) is 0 Å². The van der Waals surface area contributed by atoms with E-state index in [2.05, 4.69) is 19.6 Å². The summed E-state index contributed by atoms with van der Waals surface area (Å²) in [5, 5.41) is 0. The van der Waals surface area contributed by atoms with Crippen LogP contribution in [0, 0.1) is 5.82 Å². The van der Waals surface area contributed by atoms with E-state index in [9.17, 15) is 9.18 Å². The summed E-state index contributed by atoms with van der Waals surface area (Å²) >= 11 is 0. The number of hydrogen-bond acceptors (Lipinski definition) is 2. The summed E-state index contributed by atoms with van der Waals surface area (Å²) in [4.78, 5) is 12.2. The standard InChI is InChI=1S/C15H25FNO2Si/c1-17(2,11-20(4,5)6)14(15(18)19-3)12-7-9-13(16)10-8-12/h7-10,14H,11H2,1-6H3/q+1. The van der Waals surface area contributed by atoms with E-state index >= 15 is 0 Å². The highest BCUT2D eigenvalue weighted by Crippen LogP contribution is 2.28. The molecule has 0 heterocycles. The molecule has 0 amide bonds. The predicted molar refractivity (Wildman–Crippen MR) is 81.5 cm³/mol. The molecule has 1 aromatic carbocycles. The van der Waals surface area contributed by atoms with Gasteiger partial charge in [0.2, 0.25) is 6.04 Å². The van der Waals surface area contributed by atoms with Crippen molar-refractivity contribution in [3.8, 4) is 0 Å². The monoisotopic (exact) mass is 298 g/mol. The van der Waals surface area contributed by atoms with E-state index < -0.39 is 14.1 Å². The van der Waals surface area contributed by atoms with Crippen LogP contribution in [0.4, 0.5) is 4.39 Å². The second-order valence-corrected chi connectivity index (χ2v) is 12.4. The van der Waals surface area contributed by atoms with E-state index in [0.717, 1.165) is 11.7 Å². The Morgan fingerprint density at radius 2 is 1.75 bits per heavy atom. The molecule has 0 aromatic heterocycles. The summed E-state index contributed by atoms with van der Waals surface area (Å²) in [5.41, 5.74) is 0.793. The number of esters is 1. The van der Waals surface area contributed by atoms with Crippen molar-refractivity contribution in [2.45, 2.75) is 25.7 Å². The fraction of sp³-hybridized carbons (Fsp3) is 0.533. The molecule has 1 aromatic rings. The van der Waals surface area contributed by atoms with E-state index in [4.69, 9.17) is 4.74 Å². The maximum absolute atomic E-state index is 13.1. The van der Waals surface area contributed by atoms with Crippen molar-refractivity contribution < 1.29 is 18.4 Å². The zero-order valence-corrected chi connectivity index (χ0v) is 14.2. The zero-order chi connectivity index (χ0) is 15.6. The highest BCUT2D eigenvalue weighted by molar-refractivity contribution is 6.76. The number of carbonyl (C=O) groups is 1. The molecular weight excluding hydrogens is 273 g/mol. The maximum Gasteiger partial charge on any atom is 0.369 e. The quantitative estimate of drug-likeness (QED) is 0.474. The van der Waals surface area contributed by atoms with Crippen LogP contribution < -0.4 is 0 Å². The first-order chi connectivity index (χ1) is 9.07. The summed E-state index contributed by atoms with van der Waals surface area (Å²) in [6, 6.07) is 5.69. The van der Waals surface area contributed by atoms with E-state index in [0.29, 0.717) is 4.48 Å². The Balaban J connectivity index is 3.18. The highest BCUT2D eigenvalue weighted by atomic mass is 28.3. The van der Waals surface area contributed by atoms with Crippen molar-refractivity contribution in [2.75, 3.05) is 27.4 Å². The van der Waals surface area contributed by atoms with Gasteiger partial charge in [0.15, 0.2) is 0 Å². The lowest BCUT2D eigenvalue weighted by Crippen LogP contribution is -2.54. The molecular formula is C15H25FNO2Si+. The summed E-state index contributed by atoms with van der Waals surface area (Å²) in [5.74, 6) is -0.576. The summed E-state index contributed by atoms with van der Waals surface area (Å²) in [6.07, 6.45) is 0.935. The van der Waals surface area contributed by atoms with Crippen molar-refractivity contribution in [2.24, 2.45) is 0 Å². The molecule has 0 saturated carbocycles. The minimum atomic E-state index is -1.37. The van der Waals surface area contributed by atoms with Gasteiger partial charge >= 0.3 is 5.97 Å². The number of halogens is 1. The lowest BCUT2D eigenvalue weighted by atomic mass is 10.0. The van der Waals surface area contributed by atoms with Crippen LogP contribution in [-0.4, -0.2) is 45.9 Å². The van der Waals surface area contributed by atoms with Crippen molar-refractivity contribution in [3.05, 3.63) is 35.6 Å². The highest BCUT2D eigenvalue weighted by Gasteiger charge is 2.40. The van der Waals surface area contributed by atoms with Gasteiger partial charge in [0.05, 0.1) is 27.4 Å². The Kier molecular flexibility index (Phi) is 5.10. The van der Waals surface area contributed by atoms with Gasteiger partial charge in [0.1, 0.15) is 13.9 Å². The normalized spacial score (nSPS) is 13.9. The van der Waals surface area contributed by atoms with E-state index in [1.54, 1.807) is 12.1 Å². The van der Waals surface area contributed by atoms with Crippen molar-refractivity contribution in [1.29, 1.82) is 0 Å². The molecule has 0 aliphatic rings. The third-order valence-corrected chi connectivity index (χ3v) is 4.95. The Bertz CT molecular complexity index is 466. The van der Waals surface area contributed by atoms with Crippen LogP contribution in [0.1, 0.15) is 11.6 Å². The van der Waals surface area contributed by atoms with Gasteiger partial charge in [-0.25, -0.2) is 9.18 Å². The number of methoxy groups -OCH3 is 1. The van der Waals surface area contributed by atoms with Crippen molar-refractivity contribution in [1.82, 2.24) is 0 Å². The van der Waals surface area contributed by atoms with Crippen LogP contribution in [-0.2, 0) is 9.53 Å². The molecule has 0 aliphatic carbocycles. The minimum Gasteiger partial charge on any atom is -0.464 e. The Hall–Kier alpha value is -1.20.